The number of nitrogens with one attached hydrogen (secondary N) is 4. The van der Waals surface area contributed by atoms with E-state index in [0.717, 1.165) is 27.8 Å². The third-order valence-corrected chi connectivity index (χ3v) is 5.48. The molecular weight excluding hydrogens is 368 g/mol. The van der Waals surface area contributed by atoms with Gasteiger partial charge in [0.2, 0.25) is 12.8 Å². The number of carbonyl (C=O) groups is 3. The van der Waals surface area contributed by atoms with Crippen molar-refractivity contribution in [2.45, 2.75) is 18.4 Å². The number of H-pyrrole nitrogens is 1. The lowest BCUT2D eigenvalue weighted by Crippen LogP contribution is -2.42. The van der Waals surface area contributed by atoms with E-state index >= 15 is 0 Å². The molecule has 148 valence electrons. The second-order valence-electron chi connectivity index (χ2n) is 7.07. The van der Waals surface area contributed by atoms with Crippen LogP contribution in [0.25, 0.3) is 10.9 Å². The van der Waals surface area contributed by atoms with Crippen LogP contribution in [0, 0.1) is 0 Å². The van der Waals surface area contributed by atoms with E-state index in [1.165, 1.54) is 0 Å². The van der Waals surface area contributed by atoms with Gasteiger partial charge in [-0.25, -0.2) is 0 Å². The van der Waals surface area contributed by atoms with Crippen LogP contribution in [-0.4, -0.2) is 36.7 Å². The fourth-order valence-corrected chi connectivity index (χ4v) is 4.18. The minimum absolute atomic E-state index is 0.0306. The first-order valence-electron chi connectivity index (χ1n) is 9.57. The molecule has 0 saturated heterocycles. The number of ketones is 1. The monoisotopic (exact) mass is 390 g/mol. The maximum absolute atomic E-state index is 13.6. The molecule has 0 saturated carbocycles. The standard InChI is InChI=1S/C22H22N4O3/c27-13-23-11-9-16-15-5-1-3-7-18(15)25-20(16)22(10-12-24-14-28)21(29)17-6-2-4-8-19(17)26-22/h1-8,13-14,25-26H,9-12H2,(H,23,27)(H,24,28). The Bertz CT molecular complexity index is 1070. The molecule has 0 aliphatic carbocycles. The molecule has 7 heteroatoms. The molecule has 1 aliphatic rings. The minimum Gasteiger partial charge on any atom is -0.367 e. The number of benzene rings is 2. The van der Waals surface area contributed by atoms with Gasteiger partial charge in [0.05, 0.1) is 5.69 Å². The molecule has 4 rings (SSSR count). The Labute approximate surface area is 167 Å². The molecule has 2 aromatic carbocycles. The number of hydrogen-bond acceptors (Lipinski definition) is 4. The SMILES string of the molecule is O=CNCCc1c(C2(CCNC=O)Nc3ccccc3C2=O)[nH]c2ccccc12. The second kappa shape index (κ2) is 7.79. The van der Waals surface area contributed by atoms with Crippen molar-refractivity contribution in [1.82, 2.24) is 15.6 Å². The number of aromatic nitrogens is 1. The van der Waals surface area contributed by atoms with Crippen molar-refractivity contribution in [3.8, 4) is 0 Å². The largest absolute Gasteiger partial charge is 0.367 e. The first-order valence-corrected chi connectivity index (χ1v) is 9.57. The summed E-state index contributed by atoms with van der Waals surface area (Å²) in [5.41, 5.74) is 3.08. The second-order valence-corrected chi connectivity index (χ2v) is 7.07. The number of para-hydroxylation sites is 2. The highest BCUT2D eigenvalue weighted by atomic mass is 16.1. The van der Waals surface area contributed by atoms with Gasteiger partial charge in [-0.15, -0.1) is 0 Å². The van der Waals surface area contributed by atoms with Crippen molar-refractivity contribution >= 4 is 35.2 Å². The van der Waals surface area contributed by atoms with Crippen molar-refractivity contribution in [3.63, 3.8) is 0 Å². The highest BCUT2D eigenvalue weighted by Crippen LogP contribution is 2.43. The summed E-state index contributed by atoms with van der Waals surface area (Å²) < 4.78 is 0. The van der Waals surface area contributed by atoms with E-state index in [4.69, 9.17) is 0 Å². The van der Waals surface area contributed by atoms with Gasteiger partial charge in [0.15, 0.2) is 5.78 Å². The Morgan fingerprint density at radius 2 is 1.66 bits per heavy atom. The van der Waals surface area contributed by atoms with Crippen LogP contribution in [0.15, 0.2) is 48.5 Å². The van der Waals surface area contributed by atoms with Crippen molar-refractivity contribution in [3.05, 3.63) is 65.4 Å². The smallest absolute Gasteiger partial charge is 0.207 e. The van der Waals surface area contributed by atoms with Crippen molar-refractivity contribution in [2.75, 3.05) is 18.4 Å². The summed E-state index contributed by atoms with van der Waals surface area (Å²) in [6, 6.07) is 15.3. The average Bonchev–Trinajstić information content (AvgIpc) is 3.25. The lowest BCUT2D eigenvalue weighted by molar-refractivity contribution is -0.110. The summed E-state index contributed by atoms with van der Waals surface area (Å²) >= 11 is 0. The van der Waals surface area contributed by atoms with Crippen LogP contribution in [0.2, 0.25) is 0 Å². The van der Waals surface area contributed by atoms with Crippen molar-refractivity contribution in [2.24, 2.45) is 0 Å². The molecule has 0 radical (unpaired) electrons. The van der Waals surface area contributed by atoms with Crippen LogP contribution in [0.3, 0.4) is 0 Å². The number of anilines is 1. The third kappa shape index (κ3) is 3.14. The predicted octanol–water partition coefficient (Wildman–Crippen LogP) is 2.10. The highest BCUT2D eigenvalue weighted by Gasteiger charge is 2.48. The number of aromatic amines is 1. The maximum atomic E-state index is 13.6. The first-order chi connectivity index (χ1) is 14.2. The quantitative estimate of drug-likeness (QED) is 0.332. The number of hydrogen-bond donors (Lipinski definition) is 4. The Balaban J connectivity index is 1.86. The van der Waals surface area contributed by atoms with Crippen LogP contribution in [0.1, 0.15) is 28.0 Å². The molecule has 3 aromatic rings. The molecule has 2 amide bonds. The van der Waals surface area contributed by atoms with Gasteiger partial charge in [-0.3, -0.25) is 14.4 Å². The van der Waals surface area contributed by atoms with Crippen LogP contribution in [-0.2, 0) is 21.5 Å². The molecule has 4 N–H and O–H groups in total. The van der Waals surface area contributed by atoms with E-state index in [2.05, 4.69) is 20.9 Å². The van der Waals surface area contributed by atoms with E-state index in [0.29, 0.717) is 44.3 Å². The summed E-state index contributed by atoms with van der Waals surface area (Å²) in [6.45, 7) is 0.805. The molecule has 1 unspecified atom stereocenters. The fraction of sp³-hybridized carbons (Fsp3) is 0.227. The lowest BCUT2D eigenvalue weighted by atomic mass is 9.83. The van der Waals surface area contributed by atoms with E-state index in [1.54, 1.807) is 0 Å². The molecule has 2 heterocycles. The molecule has 0 fully saturated rings. The van der Waals surface area contributed by atoms with Crippen LogP contribution in [0.4, 0.5) is 5.69 Å². The molecule has 1 atom stereocenters. The van der Waals surface area contributed by atoms with E-state index in [1.807, 2.05) is 48.5 Å². The van der Waals surface area contributed by atoms with Gasteiger partial charge in [0.1, 0.15) is 5.54 Å². The van der Waals surface area contributed by atoms with E-state index in [-0.39, 0.29) is 5.78 Å². The summed E-state index contributed by atoms with van der Waals surface area (Å²) in [6.07, 6.45) is 2.28. The topological polar surface area (TPSA) is 103 Å². The van der Waals surface area contributed by atoms with Gasteiger partial charge in [0, 0.05) is 41.7 Å². The normalized spacial score (nSPS) is 17.6. The summed E-state index contributed by atoms with van der Waals surface area (Å²) in [5, 5.41) is 9.84. The van der Waals surface area contributed by atoms with Crippen LogP contribution in [0.5, 0.6) is 0 Å². The molecule has 0 spiro atoms. The molecule has 0 bridgehead atoms. The summed E-state index contributed by atoms with van der Waals surface area (Å²) in [4.78, 5) is 38.6. The molecule has 1 aliphatic heterocycles. The number of rotatable bonds is 9. The van der Waals surface area contributed by atoms with Gasteiger partial charge in [-0.2, -0.15) is 0 Å². The Kier molecular flexibility index (Phi) is 5.03. The lowest BCUT2D eigenvalue weighted by Gasteiger charge is -2.29. The number of amides is 2. The first kappa shape index (κ1) is 18.7. The van der Waals surface area contributed by atoms with Crippen molar-refractivity contribution < 1.29 is 14.4 Å². The minimum atomic E-state index is -1.02. The number of fused-ring (bicyclic) bond motifs is 2. The third-order valence-electron chi connectivity index (χ3n) is 5.48. The molecule has 1 aromatic heterocycles. The predicted molar refractivity (Wildman–Crippen MR) is 111 cm³/mol. The summed E-state index contributed by atoms with van der Waals surface area (Å²) in [5.74, 6) is -0.0306. The van der Waals surface area contributed by atoms with E-state index < -0.39 is 5.54 Å². The zero-order valence-corrected chi connectivity index (χ0v) is 15.8. The van der Waals surface area contributed by atoms with Gasteiger partial charge >= 0.3 is 0 Å². The molecule has 29 heavy (non-hydrogen) atoms. The Hall–Kier alpha value is -3.61. The van der Waals surface area contributed by atoms with Gasteiger partial charge in [0.25, 0.3) is 0 Å². The molecular formula is C22H22N4O3. The van der Waals surface area contributed by atoms with Crippen LogP contribution >= 0.6 is 0 Å². The van der Waals surface area contributed by atoms with E-state index in [9.17, 15) is 14.4 Å². The zero-order chi connectivity index (χ0) is 20.3. The average molecular weight is 390 g/mol. The Morgan fingerprint density at radius 1 is 0.931 bits per heavy atom. The highest BCUT2D eigenvalue weighted by molar-refractivity contribution is 6.14. The van der Waals surface area contributed by atoms with Gasteiger partial charge in [-0.05, 0) is 30.2 Å². The summed E-state index contributed by atoms with van der Waals surface area (Å²) in [7, 11) is 0. The van der Waals surface area contributed by atoms with Crippen molar-refractivity contribution in [1.29, 1.82) is 0 Å². The fourth-order valence-electron chi connectivity index (χ4n) is 4.18. The Morgan fingerprint density at radius 3 is 2.45 bits per heavy atom. The van der Waals surface area contributed by atoms with Gasteiger partial charge < -0.3 is 20.9 Å². The number of carbonyl (C=O) groups excluding carboxylic acids is 3. The number of Topliss-reactive ketones (excluding diaryl/α,β-unsaturated/α-hetero) is 1. The van der Waals surface area contributed by atoms with Crippen LogP contribution < -0.4 is 16.0 Å². The molecule has 7 nitrogen and oxygen atoms in total. The maximum Gasteiger partial charge on any atom is 0.207 e. The zero-order valence-electron chi connectivity index (χ0n) is 15.8. The van der Waals surface area contributed by atoms with Gasteiger partial charge in [-0.1, -0.05) is 30.3 Å².